The van der Waals surface area contributed by atoms with Gasteiger partial charge in [0.15, 0.2) is 0 Å². The lowest BCUT2D eigenvalue weighted by atomic mass is 10.1. The number of halogens is 3. The van der Waals surface area contributed by atoms with Gasteiger partial charge in [-0.15, -0.1) is 11.3 Å². The van der Waals surface area contributed by atoms with Gasteiger partial charge in [0.25, 0.3) is 0 Å². The highest BCUT2D eigenvalue weighted by atomic mass is 32.1. The number of carbonyl (C=O) groups is 3. The summed E-state index contributed by atoms with van der Waals surface area (Å²) in [5.74, 6) is -0.868. The smallest absolute Gasteiger partial charge is 0.347 e. The van der Waals surface area contributed by atoms with Gasteiger partial charge in [-0.3, -0.25) is 14.9 Å². The number of imide groups is 1. The van der Waals surface area contributed by atoms with Crippen LogP contribution in [0.2, 0.25) is 0 Å². The van der Waals surface area contributed by atoms with Crippen LogP contribution in [-0.2, 0) is 15.8 Å². The Hall–Kier alpha value is -2.88. The molecule has 1 atom stereocenters. The molecule has 0 bridgehead atoms. The number of rotatable bonds is 5. The second-order valence-corrected chi connectivity index (χ2v) is 7.39. The standard InChI is InChI=1S/C18H16F3N3O3S/c1-10(22-15(25)8-24-9-16(26)23-17(24)27)13-6-7-14(28-13)11-2-4-12(5-3-11)18(19,20)21/h2-7,10H,8-9H2,1H3,(H,22,25)(H,23,26,27). The predicted octanol–water partition coefficient (Wildman–Crippen LogP) is 3.16. The zero-order valence-electron chi connectivity index (χ0n) is 14.7. The fraction of sp³-hybridized carbons (Fsp3) is 0.278. The Morgan fingerprint density at radius 2 is 1.89 bits per heavy atom. The molecule has 1 unspecified atom stereocenters. The molecule has 1 fully saturated rings. The number of hydrogen-bond donors (Lipinski definition) is 2. The molecule has 2 aromatic rings. The Balaban J connectivity index is 1.62. The van der Waals surface area contributed by atoms with Crippen molar-refractivity contribution < 1.29 is 27.6 Å². The van der Waals surface area contributed by atoms with Gasteiger partial charge in [0.1, 0.15) is 13.1 Å². The highest BCUT2D eigenvalue weighted by Crippen LogP contribution is 2.34. The van der Waals surface area contributed by atoms with Gasteiger partial charge >= 0.3 is 12.2 Å². The summed E-state index contributed by atoms with van der Waals surface area (Å²) in [4.78, 5) is 37.4. The molecule has 1 aliphatic rings. The Morgan fingerprint density at radius 3 is 2.46 bits per heavy atom. The highest BCUT2D eigenvalue weighted by Gasteiger charge is 2.30. The highest BCUT2D eigenvalue weighted by molar-refractivity contribution is 7.15. The first-order valence-corrected chi connectivity index (χ1v) is 9.10. The molecule has 2 N–H and O–H groups in total. The molecule has 0 aliphatic carbocycles. The molecule has 1 aliphatic heterocycles. The summed E-state index contributed by atoms with van der Waals surface area (Å²) < 4.78 is 38.0. The maximum Gasteiger partial charge on any atom is 0.416 e. The van der Waals surface area contributed by atoms with Crippen LogP contribution in [0.15, 0.2) is 36.4 Å². The molecule has 0 saturated carbocycles. The third kappa shape index (κ3) is 4.50. The molecular formula is C18H16F3N3O3S. The number of amides is 4. The van der Waals surface area contributed by atoms with Crippen LogP contribution < -0.4 is 10.6 Å². The van der Waals surface area contributed by atoms with Gasteiger partial charge < -0.3 is 10.2 Å². The van der Waals surface area contributed by atoms with Gasteiger partial charge in [0.2, 0.25) is 11.8 Å². The fourth-order valence-corrected chi connectivity index (χ4v) is 3.72. The first kappa shape index (κ1) is 19.9. The quantitative estimate of drug-likeness (QED) is 0.742. The molecule has 28 heavy (non-hydrogen) atoms. The monoisotopic (exact) mass is 411 g/mol. The van der Waals surface area contributed by atoms with Crippen molar-refractivity contribution in [1.29, 1.82) is 0 Å². The first-order valence-electron chi connectivity index (χ1n) is 8.29. The van der Waals surface area contributed by atoms with Crippen molar-refractivity contribution in [1.82, 2.24) is 15.5 Å². The molecule has 0 spiro atoms. The van der Waals surface area contributed by atoms with Crippen molar-refractivity contribution in [3.63, 3.8) is 0 Å². The van der Waals surface area contributed by atoms with Gasteiger partial charge in [-0.05, 0) is 36.8 Å². The summed E-state index contributed by atoms with van der Waals surface area (Å²) in [6.45, 7) is 1.37. The van der Waals surface area contributed by atoms with Crippen molar-refractivity contribution in [3.05, 3.63) is 46.8 Å². The van der Waals surface area contributed by atoms with Crippen LogP contribution >= 0.6 is 11.3 Å². The largest absolute Gasteiger partial charge is 0.416 e. The van der Waals surface area contributed by atoms with Gasteiger partial charge in [0.05, 0.1) is 11.6 Å². The van der Waals surface area contributed by atoms with Crippen LogP contribution in [0, 0.1) is 0 Å². The van der Waals surface area contributed by atoms with Crippen LogP contribution in [0.4, 0.5) is 18.0 Å². The lowest BCUT2D eigenvalue weighted by molar-refractivity contribution is -0.137. The van der Waals surface area contributed by atoms with E-state index < -0.39 is 29.6 Å². The summed E-state index contributed by atoms with van der Waals surface area (Å²) in [6.07, 6.45) is -4.38. The average Bonchev–Trinajstić information content (AvgIpc) is 3.21. The van der Waals surface area contributed by atoms with E-state index in [1.54, 1.807) is 19.1 Å². The van der Waals surface area contributed by atoms with Gasteiger partial charge in [-0.25, -0.2) is 4.79 Å². The maximum absolute atomic E-state index is 12.7. The molecule has 3 rings (SSSR count). The Labute approximate surface area is 162 Å². The summed E-state index contributed by atoms with van der Waals surface area (Å²) in [5.41, 5.74) is -0.0619. The van der Waals surface area contributed by atoms with E-state index in [1.807, 2.05) is 0 Å². The molecule has 6 nitrogen and oxygen atoms in total. The zero-order valence-corrected chi connectivity index (χ0v) is 15.5. The van der Waals surface area contributed by atoms with E-state index in [-0.39, 0.29) is 19.1 Å². The van der Waals surface area contributed by atoms with Crippen LogP contribution in [0.5, 0.6) is 0 Å². The maximum atomic E-state index is 12.7. The van der Waals surface area contributed by atoms with Crippen molar-refractivity contribution in [2.24, 2.45) is 0 Å². The van der Waals surface area contributed by atoms with E-state index in [4.69, 9.17) is 0 Å². The van der Waals surface area contributed by atoms with E-state index in [9.17, 15) is 27.6 Å². The van der Waals surface area contributed by atoms with Gasteiger partial charge in [0, 0.05) is 9.75 Å². The molecule has 148 valence electrons. The Morgan fingerprint density at radius 1 is 1.21 bits per heavy atom. The van der Waals surface area contributed by atoms with E-state index in [0.29, 0.717) is 5.56 Å². The minimum atomic E-state index is -4.38. The van der Waals surface area contributed by atoms with Crippen LogP contribution in [0.25, 0.3) is 10.4 Å². The zero-order chi connectivity index (χ0) is 20.5. The van der Waals surface area contributed by atoms with E-state index >= 15 is 0 Å². The molecule has 1 aromatic heterocycles. The van der Waals surface area contributed by atoms with Crippen LogP contribution in [-0.4, -0.2) is 35.8 Å². The Kier molecular flexibility index (Phi) is 5.41. The van der Waals surface area contributed by atoms with Crippen molar-refractivity contribution in [2.45, 2.75) is 19.1 Å². The summed E-state index contributed by atoms with van der Waals surface area (Å²) in [5, 5.41) is 4.83. The first-order chi connectivity index (χ1) is 13.1. The van der Waals surface area contributed by atoms with Crippen molar-refractivity contribution in [2.75, 3.05) is 13.1 Å². The summed E-state index contributed by atoms with van der Waals surface area (Å²) in [7, 11) is 0. The molecule has 1 aromatic carbocycles. The predicted molar refractivity (Wildman–Crippen MR) is 96.4 cm³/mol. The number of carbonyl (C=O) groups excluding carboxylic acids is 3. The number of urea groups is 1. The lowest BCUT2D eigenvalue weighted by Crippen LogP contribution is -2.39. The number of thiophene rings is 1. The number of benzene rings is 1. The number of nitrogens with one attached hydrogen (secondary N) is 2. The van der Waals surface area contributed by atoms with Crippen molar-refractivity contribution >= 4 is 29.2 Å². The fourth-order valence-electron chi connectivity index (χ4n) is 2.71. The molecule has 0 radical (unpaired) electrons. The second kappa shape index (κ2) is 7.63. The minimum absolute atomic E-state index is 0.155. The van der Waals surface area contributed by atoms with E-state index in [1.165, 1.54) is 23.5 Å². The molecule has 4 amide bonds. The molecular weight excluding hydrogens is 395 g/mol. The van der Waals surface area contributed by atoms with Gasteiger partial charge in [-0.2, -0.15) is 13.2 Å². The normalized spacial score (nSPS) is 15.5. The van der Waals surface area contributed by atoms with E-state index in [2.05, 4.69) is 10.6 Å². The van der Waals surface area contributed by atoms with Crippen LogP contribution in [0.1, 0.15) is 23.4 Å². The lowest BCUT2D eigenvalue weighted by Gasteiger charge is -2.16. The molecule has 10 heteroatoms. The SMILES string of the molecule is CC(NC(=O)CN1CC(=O)NC1=O)c1ccc(-c2ccc(C(F)(F)F)cc2)s1. The molecule has 2 heterocycles. The summed E-state index contributed by atoms with van der Waals surface area (Å²) >= 11 is 1.35. The summed E-state index contributed by atoms with van der Waals surface area (Å²) in [6, 6.07) is 7.47. The Bertz CT molecular complexity index is 909. The number of alkyl halides is 3. The topological polar surface area (TPSA) is 78.5 Å². The third-order valence-electron chi connectivity index (χ3n) is 4.13. The third-order valence-corrected chi connectivity index (χ3v) is 5.45. The molecule has 1 saturated heterocycles. The number of nitrogens with zero attached hydrogens (tertiary/aromatic N) is 1. The average molecular weight is 411 g/mol. The minimum Gasteiger partial charge on any atom is -0.347 e. The second-order valence-electron chi connectivity index (χ2n) is 6.28. The van der Waals surface area contributed by atoms with E-state index in [0.717, 1.165) is 26.8 Å². The van der Waals surface area contributed by atoms with Crippen LogP contribution in [0.3, 0.4) is 0 Å². The number of hydrogen-bond acceptors (Lipinski definition) is 4. The van der Waals surface area contributed by atoms with Gasteiger partial charge in [-0.1, -0.05) is 12.1 Å². The van der Waals surface area contributed by atoms with Crippen molar-refractivity contribution in [3.8, 4) is 10.4 Å².